The lowest BCUT2D eigenvalue weighted by Crippen LogP contribution is -2.52. The van der Waals surface area contributed by atoms with Gasteiger partial charge in [-0.25, -0.2) is 0 Å². The Morgan fingerprint density at radius 3 is 2.55 bits per heavy atom. The molecule has 0 spiro atoms. The Kier molecular flexibility index (Phi) is 5.88. The lowest BCUT2D eigenvalue weighted by atomic mass is 9.76. The Morgan fingerprint density at radius 1 is 1.25 bits per heavy atom. The largest absolute Gasteiger partial charge is 0.315 e. The highest BCUT2D eigenvalue weighted by molar-refractivity contribution is 4.91. The summed E-state index contributed by atoms with van der Waals surface area (Å²) >= 11 is 0. The van der Waals surface area contributed by atoms with Gasteiger partial charge >= 0.3 is 0 Å². The Bertz CT molecular complexity index is 292. The van der Waals surface area contributed by atoms with Crippen molar-refractivity contribution in [1.29, 1.82) is 0 Å². The van der Waals surface area contributed by atoms with Crippen molar-refractivity contribution in [2.24, 2.45) is 17.8 Å². The minimum atomic E-state index is 0.689. The van der Waals surface area contributed by atoms with Crippen molar-refractivity contribution in [3.8, 4) is 0 Å². The molecule has 0 bridgehead atoms. The van der Waals surface area contributed by atoms with Gasteiger partial charge in [0, 0.05) is 25.2 Å². The number of likely N-dealkylation sites (N-methyl/N-ethyl adjacent to an activating group) is 2. The topological polar surface area (TPSA) is 18.5 Å². The highest BCUT2D eigenvalue weighted by Gasteiger charge is 2.34. The van der Waals surface area contributed by atoms with Gasteiger partial charge in [-0.3, -0.25) is 0 Å². The van der Waals surface area contributed by atoms with Crippen molar-refractivity contribution in [2.45, 2.75) is 51.6 Å². The normalized spacial score (nSPS) is 36.1. The quantitative estimate of drug-likeness (QED) is 0.834. The van der Waals surface area contributed by atoms with Crippen LogP contribution in [0.1, 0.15) is 39.5 Å². The fourth-order valence-corrected chi connectivity index (χ4v) is 4.33. The molecule has 2 rings (SSSR count). The van der Waals surface area contributed by atoms with E-state index in [0.29, 0.717) is 6.04 Å². The van der Waals surface area contributed by atoms with Crippen molar-refractivity contribution in [3.63, 3.8) is 0 Å². The lowest BCUT2D eigenvalue weighted by molar-refractivity contribution is 0.0943. The summed E-state index contributed by atoms with van der Waals surface area (Å²) in [5.74, 6) is 2.63. The number of likely N-dealkylation sites (tertiary alicyclic amines) is 1. The predicted octanol–water partition coefficient (Wildman–Crippen LogP) is 2.28. The van der Waals surface area contributed by atoms with Gasteiger partial charge in [-0.1, -0.05) is 13.8 Å². The maximum absolute atomic E-state index is 3.58. The van der Waals surface area contributed by atoms with Crippen molar-refractivity contribution >= 4 is 0 Å². The third-order valence-corrected chi connectivity index (χ3v) is 5.77. The van der Waals surface area contributed by atoms with Crippen LogP contribution >= 0.6 is 0 Å². The van der Waals surface area contributed by atoms with Crippen molar-refractivity contribution in [1.82, 2.24) is 15.1 Å². The molecule has 1 aliphatic carbocycles. The van der Waals surface area contributed by atoms with E-state index in [1.807, 2.05) is 0 Å². The molecule has 4 unspecified atom stereocenters. The monoisotopic (exact) mass is 281 g/mol. The molecule has 4 atom stereocenters. The highest BCUT2D eigenvalue weighted by Crippen LogP contribution is 2.33. The standard InChI is InChI=1S/C17H35N3/c1-13(2)15-6-7-16(18-3)17(10-15)20(5)12-14-8-9-19(4)11-14/h13-18H,6-12H2,1-5H3. The fourth-order valence-electron chi connectivity index (χ4n) is 4.33. The third-order valence-electron chi connectivity index (χ3n) is 5.77. The second-order valence-corrected chi connectivity index (χ2v) is 7.64. The van der Waals surface area contributed by atoms with E-state index in [0.717, 1.165) is 23.8 Å². The molecule has 1 heterocycles. The summed E-state index contributed by atoms with van der Waals surface area (Å²) in [6.07, 6.45) is 5.51. The summed E-state index contributed by atoms with van der Waals surface area (Å²) in [6, 6.07) is 1.42. The second kappa shape index (κ2) is 7.24. The van der Waals surface area contributed by atoms with E-state index in [1.54, 1.807) is 0 Å². The number of hydrogen-bond acceptors (Lipinski definition) is 3. The zero-order valence-corrected chi connectivity index (χ0v) is 14.2. The zero-order chi connectivity index (χ0) is 14.7. The van der Waals surface area contributed by atoms with Gasteiger partial charge in [0.1, 0.15) is 0 Å². The van der Waals surface area contributed by atoms with Crippen molar-refractivity contribution in [2.75, 3.05) is 40.8 Å². The SMILES string of the molecule is CNC1CCC(C(C)C)CC1N(C)CC1CCN(C)C1. The van der Waals surface area contributed by atoms with Crippen LogP contribution in [0.3, 0.4) is 0 Å². The van der Waals surface area contributed by atoms with Gasteiger partial charge in [0.2, 0.25) is 0 Å². The average Bonchev–Trinajstić information content (AvgIpc) is 2.83. The second-order valence-electron chi connectivity index (χ2n) is 7.64. The first-order valence-electron chi connectivity index (χ1n) is 8.57. The first kappa shape index (κ1) is 16.3. The van der Waals surface area contributed by atoms with Crippen LogP contribution in [0.15, 0.2) is 0 Å². The van der Waals surface area contributed by atoms with Crippen LogP contribution in [0.25, 0.3) is 0 Å². The van der Waals surface area contributed by atoms with Gasteiger partial charge in [0.15, 0.2) is 0 Å². The molecule has 118 valence electrons. The molecular weight excluding hydrogens is 246 g/mol. The van der Waals surface area contributed by atoms with Gasteiger partial charge < -0.3 is 15.1 Å². The van der Waals surface area contributed by atoms with E-state index in [2.05, 4.69) is 50.1 Å². The molecule has 0 amide bonds. The Hall–Kier alpha value is -0.120. The highest BCUT2D eigenvalue weighted by atomic mass is 15.2. The van der Waals surface area contributed by atoms with Crippen LogP contribution in [0.5, 0.6) is 0 Å². The molecular formula is C17H35N3. The van der Waals surface area contributed by atoms with Gasteiger partial charge in [-0.2, -0.15) is 0 Å². The van der Waals surface area contributed by atoms with Crippen LogP contribution in [-0.2, 0) is 0 Å². The zero-order valence-electron chi connectivity index (χ0n) is 14.2. The maximum Gasteiger partial charge on any atom is 0.0249 e. The van der Waals surface area contributed by atoms with E-state index in [9.17, 15) is 0 Å². The molecule has 0 aromatic carbocycles. The summed E-state index contributed by atoms with van der Waals surface area (Å²) in [4.78, 5) is 5.14. The smallest absolute Gasteiger partial charge is 0.0249 e. The van der Waals surface area contributed by atoms with Crippen molar-refractivity contribution in [3.05, 3.63) is 0 Å². The van der Waals surface area contributed by atoms with Crippen LogP contribution in [-0.4, -0.2) is 62.7 Å². The van der Waals surface area contributed by atoms with E-state index < -0.39 is 0 Å². The number of rotatable bonds is 5. The summed E-state index contributed by atoms with van der Waals surface area (Å²) in [5.41, 5.74) is 0. The number of nitrogens with one attached hydrogen (secondary N) is 1. The van der Waals surface area contributed by atoms with E-state index >= 15 is 0 Å². The lowest BCUT2D eigenvalue weighted by Gasteiger charge is -2.43. The molecule has 2 fully saturated rings. The molecule has 1 aliphatic heterocycles. The van der Waals surface area contributed by atoms with Gasteiger partial charge in [0.25, 0.3) is 0 Å². The molecule has 1 N–H and O–H groups in total. The average molecular weight is 281 g/mol. The van der Waals surface area contributed by atoms with Crippen molar-refractivity contribution < 1.29 is 0 Å². The Balaban J connectivity index is 1.91. The minimum absolute atomic E-state index is 0.689. The van der Waals surface area contributed by atoms with Crippen LogP contribution in [0.2, 0.25) is 0 Å². The summed E-state index contributed by atoms with van der Waals surface area (Å²) < 4.78 is 0. The Labute approximate surface area is 126 Å². The van der Waals surface area contributed by atoms with Crippen LogP contribution in [0, 0.1) is 17.8 Å². The molecule has 0 aromatic rings. The van der Waals surface area contributed by atoms with E-state index in [4.69, 9.17) is 0 Å². The summed E-state index contributed by atoms with van der Waals surface area (Å²) in [7, 11) is 6.76. The minimum Gasteiger partial charge on any atom is -0.315 e. The molecule has 1 saturated carbocycles. The molecule has 20 heavy (non-hydrogen) atoms. The fraction of sp³-hybridized carbons (Fsp3) is 1.00. The first-order valence-corrected chi connectivity index (χ1v) is 8.57. The maximum atomic E-state index is 3.58. The predicted molar refractivity (Wildman–Crippen MR) is 87.0 cm³/mol. The van der Waals surface area contributed by atoms with Gasteiger partial charge in [-0.15, -0.1) is 0 Å². The van der Waals surface area contributed by atoms with Crippen LogP contribution in [0.4, 0.5) is 0 Å². The first-order chi connectivity index (χ1) is 9.51. The molecule has 1 saturated heterocycles. The third kappa shape index (κ3) is 3.96. The van der Waals surface area contributed by atoms with E-state index in [-0.39, 0.29) is 0 Å². The molecule has 3 heteroatoms. The molecule has 3 nitrogen and oxygen atoms in total. The molecule has 0 aromatic heterocycles. The number of nitrogens with zero attached hydrogens (tertiary/aromatic N) is 2. The summed E-state index contributed by atoms with van der Waals surface area (Å²) in [5, 5.41) is 3.58. The number of hydrogen-bond donors (Lipinski definition) is 1. The van der Waals surface area contributed by atoms with Crippen LogP contribution < -0.4 is 5.32 Å². The molecule has 0 radical (unpaired) electrons. The van der Waals surface area contributed by atoms with Gasteiger partial charge in [0.05, 0.1) is 0 Å². The Morgan fingerprint density at radius 2 is 2.00 bits per heavy atom. The molecule has 2 aliphatic rings. The summed E-state index contributed by atoms with van der Waals surface area (Å²) in [6.45, 7) is 8.64. The van der Waals surface area contributed by atoms with Gasteiger partial charge in [-0.05, 0) is 71.1 Å². The van der Waals surface area contributed by atoms with E-state index in [1.165, 1.54) is 45.3 Å².